The van der Waals surface area contributed by atoms with Crippen LogP contribution in [0.4, 0.5) is 0 Å². The summed E-state index contributed by atoms with van der Waals surface area (Å²) in [6.45, 7) is 0.491. The van der Waals surface area contributed by atoms with Gasteiger partial charge in [0, 0.05) is 23.6 Å². The Bertz CT molecular complexity index is 1170. The van der Waals surface area contributed by atoms with Crippen molar-refractivity contribution in [3.8, 4) is 0 Å². The van der Waals surface area contributed by atoms with Crippen molar-refractivity contribution >= 4 is 25.8 Å². The number of sulfonamides is 1. The van der Waals surface area contributed by atoms with Gasteiger partial charge in [-0.15, -0.1) is 0 Å². The summed E-state index contributed by atoms with van der Waals surface area (Å²) in [5.41, 5.74) is 1.38. The SMILES string of the molecule is O=C(NCC1(c2ccccc2)CCC1)c1cccc(S(=O)(=O)N[C@H]2CCS(=O)(=O)C2)c1. The minimum Gasteiger partial charge on any atom is -0.351 e. The van der Waals surface area contributed by atoms with E-state index >= 15 is 0 Å². The van der Waals surface area contributed by atoms with Crippen LogP contribution in [-0.2, 0) is 25.3 Å². The molecule has 2 aliphatic rings. The largest absolute Gasteiger partial charge is 0.351 e. The first-order valence-corrected chi connectivity index (χ1v) is 13.7. The van der Waals surface area contributed by atoms with Gasteiger partial charge in [-0.05, 0) is 43.0 Å². The van der Waals surface area contributed by atoms with E-state index in [1.54, 1.807) is 6.07 Å². The molecule has 2 fully saturated rings. The first-order valence-electron chi connectivity index (χ1n) is 10.4. The van der Waals surface area contributed by atoms with E-state index in [2.05, 4.69) is 22.2 Å². The van der Waals surface area contributed by atoms with E-state index in [9.17, 15) is 21.6 Å². The molecule has 1 atom stereocenters. The zero-order chi connectivity index (χ0) is 22.1. The van der Waals surface area contributed by atoms with Gasteiger partial charge < -0.3 is 5.32 Å². The lowest BCUT2D eigenvalue weighted by atomic mass is 9.64. The molecule has 1 heterocycles. The Morgan fingerprint density at radius 3 is 2.42 bits per heavy atom. The molecule has 0 bridgehead atoms. The van der Waals surface area contributed by atoms with Crippen molar-refractivity contribution < 1.29 is 21.6 Å². The van der Waals surface area contributed by atoms with Gasteiger partial charge in [0.05, 0.1) is 16.4 Å². The third-order valence-electron chi connectivity index (χ3n) is 6.24. The minimum absolute atomic E-state index is 0.0220. The number of carbonyl (C=O) groups excluding carboxylic acids is 1. The van der Waals surface area contributed by atoms with Gasteiger partial charge in [-0.3, -0.25) is 4.79 Å². The van der Waals surface area contributed by atoms with Crippen LogP contribution in [0, 0.1) is 0 Å². The fourth-order valence-electron chi connectivity index (χ4n) is 4.29. The molecule has 1 saturated heterocycles. The number of nitrogens with one attached hydrogen (secondary N) is 2. The van der Waals surface area contributed by atoms with E-state index in [1.165, 1.54) is 23.8 Å². The monoisotopic (exact) mass is 462 g/mol. The van der Waals surface area contributed by atoms with E-state index < -0.39 is 25.9 Å². The summed E-state index contributed by atoms with van der Waals surface area (Å²) in [6.07, 6.45) is 3.37. The smallest absolute Gasteiger partial charge is 0.251 e. The molecule has 31 heavy (non-hydrogen) atoms. The Morgan fingerprint density at radius 1 is 1.06 bits per heavy atom. The van der Waals surface area contributed by atoms with E-state index in [1.807, 2.05) is 18.2 Å². The van der Waals surface area contributed by atoms with Crippen molar-refractivity contribution in [3.63, 3.8) is 0 Å². The van der Waals surface area contributed by atoms with Gasteiger partial charge in [-0.25, -0.2) is 21.6 Å². The second-order valence-electron chi connectivity index (χ2n) is 8.43. The number of hydrogen-bond donors (Lipinski definition) is 2. The molecule has 4 rings (SSSR count). The Balaban J connectivity index is 1.45. The lowest BCUT2D eigenvalue weighted by Crippen LogP contribution is -2.45. The maximum absolute atomic E-state index is 12.8. The molecule has 166 valence electrons. The zero-order valence-electron chi connectivity index (χ0n) is 17.1. The number of benzene rings is 2. The summed E-state index contributed by atoms with van der Waals surface area (Å²) in [7, 11) is -7.13. The summed E-state index contributed by atoms with van der Waals surface area (Å²) in [5.74, 6) is -0.553. The molecule has 7 nitrogen and oxygen atoms in total. The third kappa shape index (κ3) is 4.83. The average molecular weight is 463 g/mol. The van der Waals surface area contributed by atoms with Gasteiger partial charge in [-0.1, -0.05) is 42.8 Å². The van der Waals surface area contributed by atoms with Crippen molar-refractivity contribution in [1.82, 2.24) is 10.0 Å². The van der Waals surface area contributed by atoms with Gasteiger partial charge in [0.25, 0.3) is 5.91 Å². The quantitative estimate of drug-likeness (QED) is 0.654. The van der Waals surface area contributed by atoms with Crippen molar-refractivity contribution in [1.29, 1.82) is 0 Å². The molecule has 2 N–H and O–H groups in total. The predicted molar refractivity (Wildman–Crippen MR) is 118 cm³/mol. The number of hydrogen-bond acceptors (Lipinski definition) is 5. The number of sulfone groups is 1. The highest BCUT2D eigenvalue weighted by Crippen LogP contribution is 2.43. The topological polar surface area (TPSA) is 109 Å². The number of amides is 1. The fourth-order valence-corrected chi connectivity index (χ4v) is 7.39. The van der Waals surface area contributed by atoms with Crippen LogP contribution in [0.3, 0.4) is 0 Å². The molecular formula is C22H26N2O5S2. The van der Waals surface area contributed by atoms with E-state index in [4.69, 9.17) is 0 Å². The Morgan fingerprint density at radius 2 is 1.81 bits per heavy atom. The van der Waals surface area contributed by atoms with Crippen LogP contribution < -0.4 is 10.0 Å². The zero-order valence-corrected chi connectivity index (χ0v) is 18.7. The molecule has 1 aliphatic heterocycles. The Kier molecular flexibility index (Phi) is 5.93. The molecule has 0 unspecified atom stereocenters. The highest BCUT2D eigenvalue weighted by Gasteiger charge is 2.38. The Labute approximate surface area is 183 Å². The van der Waals surface area contributed by atoms with E-state index in [0.717, 1.165) is 19.3 Å². The lowest BCUT2D eigenvalue weighted by Gasteiger charge is -2.42. The van der Waals surface area contributed by atoms with Crippen molar-refractivity contribution in [2.24, 2.45) is 0 Å². The van der Waals surface area contributed by atoms with Gasteiger partial charge >= 0.3 is 0 Å². The van der Waals surface area contributed by atoms with Crippen LogP contribution in [0.5, 0.6) is 0 Å². The first-order chi connectivity index (χ1) is 14.7. The minimum atomic E-state index is -3.92. The molecule has 2 aromatic rings. The van der Waals surface area contributed by atoms with Crippen LogP contribution in [0.2, 0.25) is 0 Å². The maximum Gasteiger partial charge on any atom is 0.251 e. The van der Waals surface area contributed by atoms with Crippen LogP contribution in [0.25, 0.3) is 0 Å². The van der Waals surface area contributed by atoms with Crippen LogP contribution in [-0.4, -0.2) is 46.8 Å². The summed E-state index contributed by atoms with van der Waals surface area (Å²) < 4.78 is 51.0. The lowest BCUT2D eigenvalue weighted by molar-refractivity contribution is 0.0927. The number of rotatable bonds is 7. The summed E-state index contributed by atoms with van der Waals surface area (Å²) in [5, 5.41) is 2.97. The van der Waals surface area contributed by atoms with Crippen molar-refractivity contribution in [3.05, 3.63) is 65.7 Å². The Hall–Kier alpha value is -2.23. The van der Waals surface area contributed by atoms with Crippen LogP contribution in [0.1, 0.15) is 41.6 Å². The van der Waals surface area contributed by atoms with Crippen molar-refractivity contribution in [2.75, 3.05) is 18.1 Å². The summed E-state index contributed by atoms with van der Waals surface area (Å²) in [4.78, 5) is 12.7. The fraction of sp³-hybridized carbons (Fsp3) is 0.409. The molecule has 1 aliphatic carbocycles. The molecule has 0 spiro atoms. The highest BCUT2D eigenvalue weighted by atomic mass is 32.2. The normalized spacial score (nSPS) is 21.9. The second kappa shape index (κ2) is 8.37. The molecular weight excluding hydrogens is 436 g/mol. The van der Waals surface area contributed by atoms with Gasteiger partial charge in [0.1, 0.15) is 0 Å². The predicted octanol–water partition coefficient (Wildman–Crippen LogP) is 2.00. The summed E-state index contributed by atoms with van der Waals surface area (Å²) >= 11 is 0. The van der Waals surface area contributed by atoms with E-state index in [0.29, 0.717) is 6.54 Å². The molecule has 1 saturated carbocycles. The molecule has 1 amide bonds. The molecule has 2 aromatic carbocycles. The highest BCUT2D eigenvalue weighted by molar-refractivity contribution is 7.92. The van der Waals surface area contributed by atoms with Crippen LogP contribution >= 0.6 is 0 Å². The van der Waals surface area contributed by atoms with Gasteiger partial charge in [0.15, 0.2) is 9.84 Å². The molecule has 0 radical (unpaired) electrons. The average Bonchev–Trinajstić information content (AvgIpc) is 3.05. The third-order valence-corrected chi connectivity index (χ3v) is 9.53. The van der Waals surface area contributed by atoms with Gasteiger partial charge in [-0.2, -0.15) is 0 Å². The second-order valence-corrected chi connectivity index (χ2v) is 12.4. The molecule has 9 heteroatoms. The van der Waals surface area contributed by atoms with E-state index in [-0.39, 0.29) is 39.7 Å². The standard InChI is InChI=1S/C22H26N2O5S2/c25-21(23-16-22(11-5-12-22)18-7-2-1-3-8-18)17-6-4-9-20(14-17)31(28,29)24-19-10-13-30(26,27)15-19/h1-4,6-9,14,19,24H,5,10-13,15-16H2,(H,23,25)/t19-/m0/s1. The molecule has 0 aromatic heterocycles. The van der Waals surface area contributed by atoms with Crippen molar-refractivity contribution in [2.45, 2.75) is 42.0 Å². The first kappa shape index (κ1) is 22.0. The van der Waals surface area contributed by atoms with Gasteiger partial charge in [0.2, 0.25) is 10.0 Å². The maximum atomic E-state index is 12.8. The summed E-state index contributed by atoms with van der Waals surface area (Å²) in [6, 6.07) is 15.3. The van der Waals surface area contributed by atoms with Crippen LogP contribution in [0.15, 0.2) is 59.5 Å². The number of carbonyl (C=O) groups is 1.